The molecule has 0 saturated carbocycles. The van der Waals surface area contributed by atoms with Crippen molar-refractivity contribution in [1.29, 1.82) is 0 Å². The summed E-state index contributed by atoms with van der Waals surface area (Å²) in [5.41, 5.74) is 5.55. The van der Waals surface area contributed by atoms with E-state index in [0.29, 0.717) is 6.04 Å². The number of benzene rings is 1. The topological polar surface area (TPSA) is 37.2 Å². The van der Waals surface area contributed by atoms with E-state index >= 15 is 0 Å². The van der Waals surface area contributed by atoms with Gasteiger partial charge in [-0.15, -0.1) is 0 Å². The second kappa shape index (κ2) is 4.98. The van der Waals surface area contributed by atoms with Crippen molar-refractivity contribution in [2.75, 3.05) is 11.9 Å². The predicted molar refractivity (Wildman–Crippen MR) is 79.9 cm³/mol. The number of aryl methyl sites for hydroxylation is 1. The Morgan fingerprint density at radius 2 is 2.25 bits per heavy atom. The Labute approximate surface area is 119 Å². The molecule has 0 fully saturated rings. The quantitative estimate of drug-likeness (QED) is 0.895. The third-order valence-electron chi connectivity index (χ3n) is 4.52. The standard InChI is InChI=1S/C17H20N2O/c1-3-12-7-9-18-17(12)13(4-1)11-19-15-5-2-6-16-14(15)8-10-20-16/h1,3-4,8,10,15,18-19H,2,5-7,9,11H2. The molecule has 0 spiro atoms. The molecule has 2 aromatic rings. The summed E-state index contributed by atoms with van der Waals surface area (Å²) in [5, 5.41) is 7.22. The zero-order chi connectivity index (χ0) is 13.4. The van der Waals surface area contributed by atoms with E-state index < -0.39 is 0 Å². The maximum Gasteiger partial charge on any atom is 0.108 e. The highest BCUT2D eigenvalue weighted by molar-refractivity contribution is 5.61. The Hall–Kier alpha value is -1.74. The Morgan fingerprint density at radius 1 is 1.25 bits per heavy atom. The maximum absolute atomic E-state index is 5.56. The van der Waals surface area contributed by atoms with Gasteiger partial charge in [-0.3, -0.25) is 0 Å². The molecule has 1 aliphatic heterocycles. The van der Waals surface area contributed by atoms with E-state index in [9.17, 15) is 0 Å². The number of anilines is 1. The van der Waals surface area contributed by atoms with Gasteiger partial charge in [-0.05, 0) is 36.5 Å². The number of rotatable bonds is 3. The monoisotopic (exact) mass is 268 g/mol. The molecule has 2 aliphatic rings. The van der Waals surface area contributed by atoms with Gasteiger partial charge in [0.05, 0.1) is 6.26 Å². The van der Waals surface area contributed by atoms with Gasteiger partial charge in [0.1, 0.15) is 5.76 Å². The summed E-state index contributed by atoms with van der Waals surface area (Å²) < 4.78 is 5.56. The second-order valence-electron chi connectivity index (χ2n) is 5.75. The number of fused-ring (bicyclic) bond motifs is 2. The van der Waals surface area contributed by atoms with E-state index in [4.69, 9.17) is 4.42 Å². The van der Waals surface area contributed by atoms with Gasteiger partial charge in [0.15, 0.2) is 0 Å². The highest BCUT2D eigenvalue weighted by atomic mass is 16.3. The third-order valence-corrected chi connectivity index (χ3v) is 4.52. The van der Waals surface area contributed by atoms with Crippen molar-refractivity contribution in [1.82, 2.24) is 5.32 Å². The van der Waals surface area contributed by atoms with Crippen molar-refractivity contribution < 1.29 is 4.42 Å². The maximum atomic E-state index is 5.56. The average molecular weight is 268 g/mol. The Morgan fingerprint density at radius 3 is 3.25 bits per heavy atom. The van der Waals surface area contributed by atoms with E-state index in [-0.39, 0.29) is 0 Å². The SMILES string of the molecule is c1cc2c(c(CNC3CCCc4occc43)c1)NCC2. The van der Waals surface area contributed by atoms with Crippen LogP contribution in [0.5, 0.6) is 0 Å². The minimum Gasteiger partial charge on any atom is -0.469 e. The normalized spacial score (nSPS) is 20.3. The summed E-state index contributed by atoms with van der Waals surface area (Å²) in [6, 6.07) is 9.19. The highest BCUT2D eigenvalue weighted by Gasteiger charge is 2.22. The molecule has 0 radical (unpaired) electrons. The molecular formula is C17H20N2O. The Bertz CT molecular complexity index is 617. The lowest BCUT2D eigenvalue weighted by Crippen LogP contribution is -2.24. The average Bonchev–Trinajstić information content (AvgIpc) is 3.13. The summed E-state index contributed by atoms with van der Waals surface area (Å²) in [6.07, 6.45) is 6.48. The van der Waals surface area contributed by atoms with E-state index in [1.54, 1.807) is 0 Å². The van der Waals surface area contributed by atoms with Crippen molar-refractivity contribution in [2.24, 2.45) is 0 Å². The van der Waals surface area contributed by atoms with Crippen LogP contribution in [0.3, 0.4) is 0 Å². The van der Waals surface area contributed by atoms with Crippen molar-refractivity contribution in [3.05, 3.63) is 53.0 Å². The number of para-hydroxylation sites is 1. The molecule has 1 aromatic carbocycles. The molecule has 4 rings (SSSR count). The van der Waals surface area contributed by atoms with Gasteiger partial charge in [-0.2, -0.15) is 0 Å². The van der Waals surface area contributed by atoms with Crippen molar-refractivity contribution in [3.63, 3.8) is 0 Å². The zero-order valence-electron chi connectivity index (χ0n) is 11.6. The molecule has 1 aromatic heterocycles. The molecule has 3 heteroatoms. The van der Waals surface area contributed by atoms with Crippen molar-refractivity contribution >= 4 is 5.69 Å². The van der Waals surface area contributed by atoms with Crippen LogP contribution in [-0.4, -0.2) is 6.54 Å². The minimum absolute atomic E-state index is 0.440. The van der Waals surface area contributed by atoms with Gasteiger partial charge in [0.2, 0.25) is 0 Å². The van der Waals surface area contributed by atoms with E-state index in [0.717, 1.165) is 25.9 Å². The highest BCUT2D eigenvalue weighted by Crippen LogP contribution is 2.32. The van der Waals surface area contributed by atoms with Crippen LogP contribution < -0.4 is 10.6 Å². The lowest BCUT2D eigenvalue weighted by atomic mass is 9.93. The molecule has 1 unspecified atom stereocenters. The number of nitrogens with one attached hydrogen (secondary N) is 2. The molecule has 20 heavy (non-hydrogen) atoms. The first kappa shape index (κ1) is 12.0. The van der Waals surface area contributed by atoms with Crippen LogP contribution in [0.15, 0.2) is 34.9 Å². The smallest absolute Gasteiger partial charge is 0.108 e. The van der Waals surface area contributed by atoms with Crippen LogP contribution in [0.25, 0.3) is 0 Å². The molecule has 1 aliphatic carbocycles. The molecule has 0 saturated heterocycles. The molecular weight excluding hydrogens is 248 g/mol. The fraction of sp³-hybridized carbons (Fsp3) is 0.412. The lowest BCUT2D eigenvalue weighted by Gasteiger charge is -2.23. The number of hydrogen-bond acceptors (Lipinski definition) is 3. The molecule has 2 heterocycles. The molecule has 2 N–H and O–H groups in total. The third kappa shape index (κ3) is 2.02. The van der Waals surface area contributed by atoms with Gasteiger partial charge in [0, 0.05) is 36.8 Å². The lowest BCUT2D eigenvalue weighted by molar-refractivity contribution is 0.411. The first-order chi connectivity index (χ1) is 9.92. The van der Waals surface area contributed by atoms with Crippen LogP contribution in [0, 0.1) is 0 Å². The van der Waals surface area contributed by atoms with Crippen LogP contribution in [0.1, 0.15) is 41.3 Å². The fourth-order valence-electron chi connectivity index (χ4n) is 3.49. The van der Waals surface area contributed by atoms with Crippen LogP contribution in [-0.2, 0) is 19.4 Å². The first-order valence-corrected chi connectivity index (χ1v) is 7.56. The fourth-order valence-corrected chi connectivity index (χ4v) is 3.49. The summed E-state index contributed by atoms with van der Waals surface area (Å²) in [4.78, 5) is 0. The molecule has 1 atom stereocenters. The summed E-state index contributed by atoms with van der Waals surface area (Å²) in [6.45, 7) is 1.99. The van der Waals surface area contributed by atoms with E-state index in [2.05, 4.69) is 34.9 Å². The molecule has 0 bridgehead atoms. The van der Waals surface area contributed by atoms with Crippen molar-refractivity contribution in [3.8, 4) is 0 Å². The zero-order valence-corrected chi connectivity index (χ0v) is 11.6. The molecule has 3 nitrogen and oxygen atoms in total. The largest absolute Gasteiger partial charge is 0.469 e. The second-order valence-corrected chi connectivity index (χ2v) is 5.75. The predicted octanol–water partition coefficient (Wildman–Crippen LogP) is 3.41. The Balaban J connectivity index is 1.51. The summed E-state index contributed by atoms with van der Waals surface area (Å²) in [5.74, 6) is 1.17. The summed E-state index contributed by atoms with van der Waals surface area (Å²) in [7, 11) is 0. The van der Waals surface area contributed by atoms with Crippen LogP contribution in [0.2, 0.25) is 0 Å². The first-order valence-electron chi connectivity index (χ1n) is 7.56. The molecule has 0 amide bonds. The van der Waals surface area contributed by atoms with Gasteiger partial charge in [-0.25, -0.2) is 0 Å². The van der Waals surface area contributed by atoms with Gasteiger partial charge < -0.3 is 15.1 Å². The van der Waals surface area contributed by atoms with E-state index in [1.807, 2.05) is 6.26 Å². The number of furan rings is 1. The van der Waals surface area contributed by atoms with Gasteiger partial charge in [-0.1, -0.05) is 18.2 Å². The Kier molecular flexibility index (Phi) is 3.00. The minimum atomic E-state index is 0.440. The van der Waals surface area contributed by atoms with Gasteiger partial charge >= 0.3 is 0 Å². The van der Waals surface area contributed by atoms with Crippen LogP contribution >= 0.6 is 0 Å². The summed E-state index contributed by atoms with van der Waals surface area (Å²) >= 11 is 0. The van der Waals surface area contributed by atoms with Crippen LogP contribution in [0.4, 0.5) is 5.69 Å². The number of hydrogen-bond donors (Lipinski definition) is 2. The van der Waals surface area contributed by atoms with E-state index in [1.165, 1.54) is 41.0 Å². The van der Waals surface area contributed by atoms with Crippen molar-refractivity contribution in [2.45, 2.75) is 38.3 Å². The molecule has 104 valence electrons. The van der Waals surface area contributed by atoms with Gasteiger partial charge in [0.25, 0.3) is 0 Å².